The van der Waals surface area contributed by atoms with E-state index < -0.39 is 11.2 Å². The minimum Gasteiger partial charge on any atom is -0.493 e. The Morgan fingerprint density at radius 3 is 2.29 bits per heavy atom. The number of methoxy groups -OCH3 is 3. The number of aryl methyl sites for hydroxylation is 2. The molecule has 34 heavy (non-hydrogen) atoms. The molecule has 2 heterocycles. The monoisotopic (exact) mass is 470 g/mol. The van der Waals surface area contributed by atoms with Gasteiger partial charge in [0.15, 0.2) is 22.7 Å². The van der Waals surface area contributed by atoms with Gasteiger partial charge < -0.3 is 18.8 Å². The standard InChI is InChI=1S/C24H30N4O6/c1-6-26-22-21(23(30)27(7-2)24(26)31)28(14-8-9-20(29)34-5)19(25-22)13-11-16-10-12-17(32-3)18(15-16)33-4/h10-13,15H,6-9,14H2,1-5H3/b13-11+. The summed E-state index contributed by atoms with van der Waals surface area (Å²) in [5.74, 6) is 1.37. The Balaban J connectivity index is 2.16. The van der Waals surface area contributed by atoms with E-state index in [2.05, 4.69) is 4.98 Å². The summed E-state index contributed by atoms with van der Waals surface area (Å²) >= 11 is 0. The van der Waals surface area contributed by atoms with E-state index in [4.69, 9.17) is 14.2 Å². The van der Waals surface area contributed by atoms with Crippen LogP contribution < -0.4 is 20.7 Å². The van der Waals surface area contributed by atoms with Gasteiger partial charge in [0.05, 0.1) is 21.3 Å². The van der Waals surface area contributed by atoms with Gasteiger partial charge in [-0.15, -0.1) is 0 Å². The molecule has 0 bridgehead atoms. The number of carbonyl (C=O) groups excluding carboxylic acids is 1. The molecule has 2 aromatic heterocycles. The molecule has 0 aliphatic heterocycles. The summed E-state index contributed by atoms with van der Waals surface area (Å²) in [5, 5.41) is 0. The molecule has 1 aromatic carbocycles. The van der Waals surface area contributed by atoms with E-state index in [1.165, 1.54) is 16.2 Å². The van der Waals surface area contributed by atoms with Gasteiger partial charge in [-0.25, -0.2) is 9.78 Å². The highest BCUT2D eigenvalue weighted by Crippen LogP contribution is 2.28. The van der Waals surface area contributed by atoms with Crippen LogP contribution in [-0.4, -0.2) is 46.0 Å². The molecule has 10 heteroatoms. The molecule has 0 saturated heterocycles. The second-order valence-corrected chi connectivity index (χ2v) is 7.50. The van der Waals surface area contributed by atoms with Crippen molar-refractivity contribution in [2.75, 3.05) is 21.3 Å². The summed E-state index contributed by atoms with van der Waals surface area (Å²) in [6.07, 6.45) is 4.27. The molecular weight excluding hydrogens is 440 g/mol. The third-order valence-electron chi connectivity index (χ3n) is 5.60. The molecule has 0 unspecified atom stereocenters. The van der Waals surface area contributed by atoms with E-state index >= 15 is 0 Å². The van der Waals surface area contributed by atoms with Crippen LogP contribution in [0.3, 0.4) is 0 Å². The van der Waals surface area contributed by atoms with E-state index in [0.29, 0.717) is 48.0 Å². The Hall–Kier alpha value is -3.82. The van der Waals surface area contributed by atoms with E-state index in [9.17, 15) is 14.4 Å². The van der Waals surface area contributed by atoms with Crippen molar-refractivity contribution >= 4 is 29.3 Å². The van der Waals surface area contributed by atoms with Gasteiger partial charge in [-0.2, -0.15) is 0 Å². The number of carbonyl (C=O) groups is 1. The quantitative estimate of drug-likeness (QED) is 0.419. The highest BCUT2D eigenvalue weighted by atomic mass is 16.5. The molecule has 0 spiro atoms. The Kier molecular flexibility index (Phi) is 7.93. The van der Waals surface area contributed by atoms with Crippen molar-refractivity contribution in [1.29, 1.82) is 0 Å². The first-order chi connectivity index (χ1) is 16.4. The zero-order valence-electron chi connectivity index (χ0n) is 20.2. The largest absolute Gasteiger partial charge is 0.493 e. The molecule has 3 aromatic rings. The van der Waals surface area contributed by atoms with Crippen LogP contribution >= 0.6 is 0 Å². The average Bonchev–Trinajstić information content (AvgIpc) is 3.21. The average molecular weight is 471 g/mol. The number of aromatic nitrogens is 4. The number of esters is 1. The Bertz CT molecular complexity index is 1330. The van der Waals surface area contributed by atoms with Crippen LogP contribution in [-0.2, 0) is 29.2 Å². The summed E-state index contributed by atoms with van der Waals surface area (Å²) < 4.78 is 19.8. The predicted molar refractivity (Wildman–Crippen MR) is 129 cm³/mol. The number of fused-ring (bicyclic) bond motifs is 1. The first kappa shape index (κ1) is 24.8. The van der Waals surface area contributed by atoms with E-state index in [1.807, 2.05) is 25.1 Å². The Morgan fingerprint density at radius 2 is 1.68 bits per heavy atom. The molecule has 182 valence electrons. The van der Waals surface area contributed by atoms with Crippen LogP contribution in [0.5, 0.6) is 11.5 Å². The molecule has 0 fully saturated rings. The molecule has 0 atom stereocenters. The zero-order valence-corrected chi connectivity index (χ0v) is 20.2. The summed E-state index contributed by atoms with van der Waals surface area (Å²) in [6, 6.07) is 5.49. The van der Waals surface area contributed by atoms with Gasteiger partial charge in [0.2, 0.25) is 0 Å². The maximum absolute atomic E-state index is 13.2. The first-order valence-electron chi connectivity index (χ1n) is 11.1. The minimum atomic E-state index is -0.400. The highest BCUT2D eigenvalue weighted by molar-refractivity contribution is 5.77. The van der Waals surface area contributed by atoms with Gasteiger partial charge in [0.1, 0.15) is 5.82 Å². The highest BCUT2D eigenvalue weighted by Gasteiger charge is 2.20. The molecule has 10 nitrogen and oxygen atoms in total. The third-order valence-corrected chi connectivity index (χ3v) is 5.60. The van der Waals surface area contributed by atoms with Gasteiger partial charge in [-0.05, 0) is 44.0 Å². The molecule has 0 amide bonds. The number of imidazole rings is 1. The fourth-order valence-corrected chi connectivity index (χ4v) is 3.84. The SMILES string of the molecule is CCn1c(=O)c2c(nc(/C=C/c3ccc(OC)c(OC)c3)n2CCCC(=O)OC)n(CC)c1=O. The van der Waals surface area contributed by atoms with Gasteiger partial charge in [-0.3, -0.25) is 18.7 Å². The van der Waals surface area contributed by atoms with E-state index in [-0.39, 0.29) is 18.9 Å². The Labute approximate surface area is 197 Å². The lowest BCUT2D eigenvalue weighted by Crippen LogP contribution is -2.40. The second kappa shape index (κ2) is 10.9. The van der Waals surface area contributed by atoms with Gasteiger partial charge in [-0.1, -0.05) is 12.1 Å². The van der Waals surface area contributed by atoms with E-state index in [1.54, 1.807) is 37.9 Å². The molecule has 0 radical (unpaired) electrons. The van der Waals surface area contributed by atoms with E-state index in [0.717, 1.165) is 5.56 Å². The number of benzene rings is 1. The number of hydrogen-bond acceptors (Lipinski definition) is 7. The van der Waals surface area contributed by atoms with Crippen molar-refractivity contribution in [3.8, 4) is 11.5 Å². The van der Waals surface area contributed by atoms with Gasteiger partial charge >= 0.3 is 11.7 Å². The summed E-state index contributed by atoms with van der Waals surface area (Å²) in [7, 11) is 4.47. The van der Waals surface area contributed by atoms with Crippen LogP contribution in [0.1, 0.15) is 38.1 Å². The maximum atomic E-state index is 13.2. The molecule has 3 rings (SSSR count). The minimum absolute atomic E-state index is 0.199. The van der Waals surface area contributed by atoms with Crippen molar-refractivity contribution in [1.82, 2.24) is 18.7 Å². The zero-order chi connectivity index (χ0) is 24.8. The summed E-state index contributed by atoms with van der Waals surface area (Å²) in [4.78, 5) is 42.3. The van der Waals surface area contributed by atoms with Crippen LogP contribution in [0.25, 0.3) is 23.3 Å². The van der Waals surface area contributed by atoms with Crippen molar-refractivity contribution < 1.29 is 19.0 Å². The third kappa shape index (κ3) is 4.75. The topological polar surface area (TPSA) is 107 Å². The van der Waals surface area contributed by atoms with Crippen LogP contribution in [0.15, 0.2) is 27.8 Å². The molecule has 0 aliphatic carbocycles. The summed E-state index contributed by atoms with van der Waals surface area (Å²) in [6.45, 7) is 4.56. The van der Waals surface area contributed by atoms with Crippen molar-refractivity contribution in [2.45, 2.75) is 46.3 Å². The van der Waals surface area contributed by atoms with Crippen LogP contribution in [0.4, 0.5) is 0 Å². The van der Waals surface area contributed by atoms with Gasteiger partial charge in [0.25, 0.3) is 5.56 Å². The fourth-order valence-electron chi connectivity index (χ4n) is 3.84. The number of nitrogens with zero attached hydrogens (tertiary/aromatic N) is 4. The maximum Gasteiger partial charge on any atom is 0.332 e. The van der Waals surface area contributed by atoms with Gasteiger partial charge in [0, 0.05) is 26.1 Å². The predicted octanol–water partition coefficient (Wildman–Crippen LogP) is 2.54. The lowest BCUT2D eigenvalue weighted by molar-refractivity contribution is -0.140. The number of ether oxygens (including phenoxy) is 3. The molecule has 0 N–H and O–H groups in total. The Morgan fingerprint density at radius 1 is 0.971 bits per heavy atom. The second-order valence-electron chi connectivity index (χ2n) is 7.50. The van der Waals surface area contributed by atoms with Crippen molar-refractivity contribution in [2.24, 2.45) is 0 Å². The molecule has 0 saturated carbocycles. The lowest BCUT2D eigenvalue weighted by atomic mass is 10.2. The summed E-state index contributed by atoms with van der Waals surface area (Å²) in [5.41, 5.74) is 0.706. The smallest absolute Gasteiger partial charge is 0.332 e. The lowest BCUT2D eigenvalue weighted by Gasteiger charge is -2.10. The van der Waals surface area contributed by atoms with Crippen LogP contribution in [0, 0.1) is 0 Å². The van der Waals surface area contributed by atoms with Crippen molar-refractivity contribution in [3.63, 3.8) is 0 Å². The fraction of sp³-hybridized carbons (Fsp3) is 0.417. The molecule has 0 aliphatic rings. The first-order valence-corrected chi connectivity index (χ1v) is 11.1. The van der Waals surface area contributed by atoms with Crippen molar-refractivity contribution in [3.05, 3.63) is 50.4 Å². The normalized spacial score (nSPS) is 11.3. The molecular formula is C24H30N4O6. The number of rotatable bonds is 10. The number of hydrogen-bond donors (Lipinski definition) is 0. The van der Waals surface area contributed by atoms with Crippen LogP contribution in [0.2, 0.25) is 0 Å².